The van der Waals surface area contributed by atoms with Gasteiger partial charge in [0.2, 0.25) is 5.43 Å². The Bertz CT molecular complexity index is 1320. The molecule has 0 saturated heterocycles. The molecule has 4 aromatic rings. The fourth-order valence-electron chi connectivity index (χ4n) is 3.01. The van der Waals surface area contributed by atoms with Crippen molar-refractivity contribution in [3.8, 4) is 22.5 Å². The largest absolute Gasteiger partial charge is 0.455 e. The molecule has 0 aliphatic heterocycles. The third-order valence-electron chi connectivity index (χ3n) is 4.34. The standard InChI is InChI=1S/C20H16N2O4S/c1-22-12-14(11-21-22)18-19(23)16-5-3-4-6-17(16)26-20(18)13-7-9-15(10-8-13)27(2,24)25/h3-12H,1-2H3. The zero-order valence-corrected chi connectivity index (χ0v) is 15.5. The van der Waals surface area contributed by atoms with E-state index in [0.29, 0.717) is 33.4 Å². The Morgan fingerprint density at radius 1 is 1.00 bits per heavy atom. The number of sulfone groups is 1. The van der Waals surface area contributed by atoms with Crippen molar-refractivity contribution in [2.45, 2.75) is 4.90 Å². The van der Waals surface area contributed by atoms with E-state index < -0.39 is 9.84 Å². The Labute approximate surface area is 155 Å². The number of nitrogens with zero attached hydrogens (tertiary/aromatic N) is 2. The minimum absolute atomic E-state index is 0.160. The predicted molar refractivity (Wildman–Crippen MR) is 103 cm³/mol. The van der Waals surface area contributed by atoms with Gasteiger partial charge in [-0.25, -0.2) is 8.42 Å². The lowest BCUT2D eigenvalue weighted by Gasteiger charge is -2.09. The van der Waals surface area contributed by atoms with Gasteiger partial charge in [-0.15, -0.1) is 0 Å². The monoisotopic (exact) mass is 380 g/mol. The maximum absolute atomic E-state index is 13.2. The maximum Gasteiger partial charge on any atom is 0.201 e. The molecule has 0 spiro atoms. The summed E-state index contributed by atoms with van der Waals surface area (Å²) in [6.45, 7) is 0. The Hall–Kier alpha value is -3.19. The summed E-state index contributed by atoms with van der Waals surface area (Å²) in [7, 11) is -1.54. The fraction of sp³-hybridized carbons (Fsp3) is 0.100. The van der Waals surface area contributed by atoms with Gasteiger partial charge in [0.1, 0.15) is 11.3 Å². The van der Waals surface area contributed by atoms with Gasteiger partial charge in [-0.05, 0) is 36.4 Å². The van der Waals surface area contributed by atoms with Crippen LogP contribution in [0.5, 0.6) is 0 Å². The van der Waals surface area contributed by atoms with Crippen LogP contribution in [-0.4, -0.2) is 24.5 Å². The molecule has 2 aromatic heterocycles. The lowest BCUT2D eigenvalue weighted by atomic mass is 10.0. The van der Waals surface area contributed by atoms with Gasteiger partial charge in [-0.1, -0.05) is 12.1 Å². The Morgan fingerprint density at radius 2 is 1.70 bits per heavy atom. The van der Waals surface area contributed by atoms with Crippen molar-refractivity contribution >= 4 is 20.8 Å². The van der Waals surface area contributed by atoms with Gasteiger partial charge in [0.05, 0.1) is 22.0 Å². The molecule has 0 radical (unpaired) electrons. The van der Waals surface area contributed by atoms with Crippen molar-refractivity contribution in [2.24, 2.45) is 7.05 Å². The number of fused-ring (bicyclic) bond motifs is 1. The van der Waals surface area contributed by atoms with Gasteiger partial charge in [-0.2, -0.15) is 5.10 Å². The number of aryl methyl sites for hydroxylation is 1. The molecule has 4 rings (SSSR count). The number of hydrogen-bond donors (Lipinski definition) is 0. The van der Waals surface area contributed by atoms with E-state index in [0.717, 1.165) is 6.26 Å². The second-order valence-corrected chi connectivity index (χ2v) is 8.35. The SMILES string of the molecule is Cn1cc(-c2c(-c3ccc(S(C)(=O)=O)cc3)oc3ccccc3c2=O)cn1. The molecule has 27 heavy (non-hydrogen) atoms. The van der Waals surface area contributed by atoms with Crippen molar-refractivity contribution in [3.63, 3.8) is 0 Å². The van der Waals surface area contributed by atoms with Gasteiger partial charge in [-0.3, -0.25) is 9.48 Å². The first-order chi connectivity index (χ1) is 12.8. The van der Waals surface area contributed by atoms with E-state index >= 15 is 0 Å². The molecule has 0 saturated carbocycles. The minimum Gasteiger partial charge on any atom is -0.455 e. The van der Waals surface area contributed by atoms with Crippen molar-refractivity contribution in [1.82, 2.24) is 9.78 Å². The second kappa shape index (κ2) is 6.21. The molecule has 0 amide bonds. The average Bonchev–Trinajstić information content (AvgIpc) is 3.07. The van der Waals surface area contributed by atoms with Gasteiger partial charge in [0, 0.05) is 30.6 Å². The zero-order valence-electron chi connectivity index (χ0n) is 14.7. The van der Waals surface area contributed by atoms with Crippen LogP contribution < -0.4 is 5.43 Å². The van der Waals surface area contributed by atoms with Crippen LogP contribution in [0, 0.1) is 0 Å². The van der Waals surface area contributed by atoms with Crippen LogP contribution in [0.2, 0.25) is 0 Å². The Morgan fingerprint density at radius 3 is 2.33 bits per heavy atom. The molecular formula is C20H16N2O4S. The Kier molecular flexibility index (Phi) is 3.96. The summed E-state index contributed by atoms with van der Waals surface area (Å²) in [5.41, 5.74) is 1.96. The highest BCUT2D eigenvalue weighted by atomic mass is 32.2. The van der Waals surface area contributed by atoms with Crippen molar-refractivity contribution in [2.75, 3.05) is 6.26 Å². The first-order valence-electron chi connectivity index (χ1n) is 8.20. The van der Waals surface area contributed by atoms with Crippen LogP contribution in [-0.2, 0) is 16.9 Å². The molecule has 7 heteroatoms. The van der Waals surface area contributed by atoms with Crippen molar-refractivity contribution in [1.29, 1.82) is 0 Å². The quantitative estimate of drug-likeness (QED) is 0.545. The molecule has 0 aliphatic rings. The number of aromatic nitrogens is 2. The van der Waals surface area contributed by atoms with E-state index in [-0.39, 0.29) is 10.3 Å². The van der Waals surface area contributed by atoms with Gasteiger partial charge in [0.15, 0.2) is 9.84 Å². The third kappa shape index (κ3) is 3.06. The first-order valence-corrected chi connectivity index (χ1v) is 10.1. The van der Waals surface area contributed by atoms with Gasteiger partial charge >= 0.3 is 0 Å². The average molecular weight is 380 g/mol. The van der Waals surface area contributed by atoms with E-state index in [1.54, 1.807) is 60.5 Å². The van der Waals surface area contributed by atoms with Crippen LogP contribution in [0.3, 0.4) is 0 Å². The topological polar surface area (TPSA) is 82.2 Å². The lowest BCUT2D eigenvalue weighted by Crippen LogP contribution is -2.07. The molecule has 6 nitrogen and oxygen atoms in total. The fourth-order valence-corrected chi connectivity index (χ4v) is 3.64. The van der Waals surface area contributed by atoms with Crippen LogP contribution in [0.15, 0.2) is 75.0 Å². The van der Waals surface area contributed by atoms with Crippen molar-refractivity contribution < 1.29 is 12.8 Å². The number of hydrogen-bond acceptors (Lipinski definition) is 5. The summed E-state index contributed by atoms with van der Waals surface area (Å²) in [5.74, 6) is 0.381. The molecule has 0 aliphatic carbocycles. The van der Waals surface area contributed by atoms with Gasteiger partial charge < -0.3 is 4.42 Å². The lowest BCUT2D eigenvalue weighted by molar-refractivity contribution is 0.601. The van der Waals surface area contributed by atoms with E-state index in [1.165, 1.54) is 12.1 Å². The smallest absolute Gasteiger partial charge is 0.201 e. The summed E-state index contributed by atoms with van der Waals surface area (Å²) < 4.78 is 31.1. The molecule has 2 heterocycles. The van der Waals surface area contributed by atoms with Crippen molar-refractivity contribution in [3.05, 3.63) is 71.1 Å². The summed E-state index contributed by atoms with van der Waals surface area (Å²) >= 11 is 0. The molecule has 0 bridgehead atoms. The molecule has 136 valence electrons. The zero-order chi connectivity index (χ0) is 19.2. The van der Waals surface area contributed by atoms with E-state index in [1.807, 2.05) is 0 Å². The van der Waals surface area contributed by atoms with E-state index in [4.69, 9.17) is 4.42 Å². The normalized spacial score (nSPS) is 11.8. The second-order valence-electron chi connectivity index (χ2n) is 6.33. The molecular weight excluding hydrogens is 364 g/mol. The van der Waals surface area contributed by atoms with Crippen LogP contribution in [0.25, 0.3) is 33.4 Å². The first kappa shape index (κ1) is 17.2. The van der Waals surface area contributed by atoms with Crippen LogP contribution in [0.4, 0.5) is 0 Å². The predicted octanol–water partition coefficient (Wildman–Crippen LogP) is 3.26. The molecule has 0 fully saturated rings. The molecule has 0 atom stereocenters. The number of benzene rings is 2. The summed E-state index contributed by atoms with van der Waals surface area (Å²) in [6, 6.07) is 13.3. The highest BCUT2D eigenvalue weighted by Gasteiger charge is 2.19. The maximum atomic E-state index is 13.2. The third-order valence-corrected chi connectivity index (χ3v) is 5.46. The highest BCUT2D eigenvalue weighted by molar-refractivity contribution is 7.90. The number of para-hydroxylation sites is 1. The van der Waals surface area contributed by atoms with Gasteiger partial charge in [0.25, 0.3) is 0 Å². The molecule has 0 unspecified atom stereocenters. The summed E-state index contributed by atoms with van der Waals surface area (Å²) in [5, 5.41) is 4.63. The van der Waals surface area contributed by atoms with E-state index in [2.05, 4.69) is 5.10 Å². The van der Waals surface area contributed by atoms with E-state index in [9.17, 15) is 13.2 Å². The molecule has 2 aromatic carbocycles. The summed E-state index contributed by atoms with van der Waals surface area (Å²) in [6.07, 6.45) is 4.50. The summed E-state index contributed by atoms with van der Waals surface area (Å²) in [4.78, 5) is 13.4. The highest BCUT2D eigenvalue weighted by Crippen LogP contribution is 2.32. The Balaban J connectivity index is 2.03. The number of rotatable bonds is 3. The minimum atomic E-state index is -3.31. The molecule has 0 N–H and O–H groups in total. The van der Waals surface area contributed by atoms with Crippen LogP contribution in [0.1, 0.15) is 0 Å². The van der Waals surface area contributed by atoms with Crippen LogP contribution >= 0.6 is 0 Å².